The van der Waals surface area contributed by atoms with Gasteiger partial charge in [0.25, 0.3) is 0 Å². The Kier molecular flexibility index (Phi) is 5.34. The number of carbonyl (C=O) groups is 2. The molecule has 1 saturated heterocycles. The van der Waals surface area contributed by atoms with Gasteiger partial charge in [0.2, 0.25) is 11.8 Å². The molecule has 3 rings (SSSR count). The molecule has 4 N–H and O–H groups in total. The lowest BCUT2D eigenvalue weighted by molar-refractivity contribution is -0.131. The molecule has 26 heavy (non-hydrogen) atoms. The van der Waals surface area contributed by atoms with Gasteiger partial charge in [-0.25, -0.2) is 0 Å². The van der Waals surface area contributed by atoms with Gasteiger partial charge in [-0.15, -0.1) is 0 Å². The number of primary amides is 1. The molecule has 0 bridgehead atoms. The summed E-state index contributed by atoms with van der Waals surface area (Å²) in [5.74, 6) is -1.94. The number of piperidine rings is 1. The van der Waals surface area contributed by atoms with Crippen molar-refractivity contribution in [2.24, 2.45) is 23.0 Å². The molecule has 0 aromatic heterocycles. The molecular weight excluding hydrogens is 370 g/mol. The van der Waals surface area contributed by atoms with E-state index >= 15 is 0 Å². The minimum atomic E-state index is -0.663. The predicted molar refractivity (Wildman–Crippen MR) is 107 cm³/mol. The molecule has 5 nitrogen and oxygen atoms in total. The number of rotatable bonds is 3. The van der Waals surface area contributed by atoms with Crippen LogP contribution in [0.2, 0.25) is 5.02 Å². The molecule has 2 atom stereocenters. The van der Waals surface area contributed by atoms with E-state index in [4.69, 9.17) is 29.6 Å². The number of anilines is 1. The van der Waals surface area contributed by atoms with Crippen LogP contribution in [0.15, 0.2) is 36.5 Å². The van der Waals surface area contributed by atoms with Gasteiger partial charge in [-0.1, -0.05) is 49.7 Å². The molecule has 1 aliphatic heterocycles. The predicted octanol–water partition coefficient (Wildman–Crippen LogP) is 3.39. The number of hydrogen-bond acceptors (Lipinski definition) is 3. The molecule has 2 aliphatic rings. The Morgan fingerprint density at radius 3 is 2.38 bits per heavy atom. The van der Waals surface area contributed by atoms with Crippen LogP contribution < -0.4 is 16.4 Å². The Bertz CT molecular complexity index is 757. The number of thiocarbonyl (C=S) groups is 1. The van der Waals surface area contributed by atoms with Gasteiger partial charge in [0.05, 0.1) is 16.8 Å². The molecule has 1 aromatic carbocycles. The lowest BCUT2D eigenvalue weighted by atomic mass is 9.56. The number of benzene rings is 1. The van der Waals surface area contributed by atoms with Crippen molar-refractivity contribution in [2.75, 3.05) is 5.32 Å². The third kappa shape index (κ3) is 3.35. The van der Waals surface area contributed by atoms with Crippen molar-refractivity contribution >= 4 is 46.3 Å². The van der Waals surface area contributed by atoms with Crippen LogP contribution in [-0.4, -0.2) is 16.8 Å². The summed E-state index contributed by atoms with van der Waals surface area (Å²) in [4.78, 5) is 25.8. The average Bonchev–Trinajstić information content (AvgIpc) is 2.56. The van der Waals surface area contributed by atoms with Gasteiger partial charge in [-0.05, 0) is 37.1 Å². The van der Waals surface area contributed by atoms with E-state index in [1.807, 2.05) is 0 Å². The first kappa shape index (κ1) is 18.9. The van der Waals surface area contributed by atoms with Crippen LogP contribution in [0.1, 0.15) is 32.1 Å². The van der Waals surface area contributed by atoms with Gasteiger partial charge in [-0.2, -0.15) is 0 Å². The minimum absolute atomic E-state index is 0.208. The van der Waals surface area contributed by atoms with E-state index in [1.54, 1.807) is 24.3 Å². The molecular formula is C19H22ClN3O2S. The number of hydrogen-bond donors (Lipinski definition) is 3. The number of halogens is 1. The quantitative estimate of drug-likeness (QED) is 0.689. The lowest BCUT2D eigenvalue weighted by Gasteiger charge is -2.51. The molecule has 0 radical (unpaired) electrons. The highest BCUT2D eigenvalue weighted by Crippen LogP contribution is 2.53. The molecule has 0 unspecified atom stereocenters. The maximum atomic E-state index is 13.2. The fourth-order valence-electron chi connectivity index (χ4n) is 4.44. The van der Waals surface area contributed by atoms with Crippen LogP contribution in [0, 0.1) is 17.3 Å². The van der Waals surface area contributed by atoms with Crippen molar-refractivity contribution in [2.45, 2.75) is 32.1 Å². The molecule has 2 fully saturated rings. The van der Waals surface area contributed by atoms with E-state index in [0.29, 0.717) is 21.4 Å². The van der Waals surface area contributed by atoms with E-state index in [2.05, 4.69) is 17.2 Å². The number of carbonyl (C=O) groups excluding carboxylic acids is 2. The highest BCUT2D eigenvalue weighted by Gasteiger charge is 2.56. The first-order valence-electron chi connectivity index (χ1n) is 8.70. The standard InChI is InChI=1S/C19H22ClN3O2S/c1-11-14(17(25)23-13-7-5-12(20)6-8-13)19(9-3-2-4-10-19)15(16(21)24)18(26)22-11/h5-8,14-15H,1-4,9-10H2,(H2,21,24)(H,22,26)(H,23,25)/t14-,15+/m0/s1. The molecule has 138 valence electrons. The second kappa shape index (κ2) is 7.37. The maximum Gasteiger partial charge on any atom is 0.234 e. The smallest absolute Gasteiger partial charge is 0.234 e. The van der Waals surface area contributed by atoms with Gasteiger partial charge in [0, 0.05) is 21.8 Å². The third-order valence-corrected chi connectivity index (χ3v) is 6.08. The zero-order chi connectivity index (χ0) is 18.9. The monoisotopic (exact) mass is 391 g/mol. The van der Waals surface area contributed by atoms with Crippen molar-refractivity contribution in [3.8, 4) is 0 Å². The van der Waals surface area contributed by atoms with Crippen molar-refractivity contribution < 1.29 is 9.59 Å². The van der Waals surface area contributed by atoms with Crippen molar-refractivity contribution in [1.29, 1.82) is 0 Å². The van der Waals surface area contributed by atoms with Crippen LogP contribution in [-0.2, 0) is 9.59 Å². The van der Waals surface area contributed by atoms with E-state index in [0.717, 1.165) is 32.1 Å². The molecule has 1 saturated carbocycles. The third-order valence-electron chi connectivity index (χ3n) is 5.49. The second-order valence-corrected chi connectivity index (χ2v) is 7.95. The molecule has 1 aromatic rings. The summed E-state index contributed by atoms with van der Waals surface area (Å²) in [5.41, 5.74) is 6.26. The molecule has 1 spiro atoms. The lowest BCUT2D eigenvalue weighted by Crippen LogP contribution is -2.60. The summed E-state index contributed by atoms with van der Waals surface area (Å²) in [7, 11) is 0. The van der Waals surface area contributed by atoms with Gasteiger partial charge < -0.3 is 16.4 Å². The van der Waals surface area contributed by atoms with Gasteiger partial charge in [0.1, 0.15) is 0 Å². The highest BCUT2D eigenvalue weighted by atomic mass is 35.5. The summed E-state index contributed by atoms with van der Waals surface area (Å²) >= 11 is 11.3. The molecule has 1 aliphatic carbocycles. The number of nitrogens with one attached hydrogen (secondary N) is 2. The topological polar surface area (TPSA) is 84.2 Å². The summed E-state index contributed by atoms with van der Waals surface area (Å²) < 4.78 is 0. The Balaban J connectivity index is 1.96. The fraction of sp³-hybridized carbons (Fsp3) is 0.421. The molecule has 7 heteroatoms. The Hall–Kier alpha value is -1.92. The van der Waals surface area contributed by atoms with Crippen LogP contribution >= 0.6 is 23.8 Å². The number of amides is 2. The first-order chi connectivity index (χ1) is 12.3. The van der Waals surface area contributed by atoms with E-state index in [9.17, 15) is 9.59 Å². The molecule has 2 amide bonds. The Morgan fingerprint density at radius 1 is 1.19 bits per heavy atom. The Labute approximate surface area is 163 Å². The van der Waals surface area contributed by atoms with Crippen LogP contribution in [0.4, 0.5) is 5.69 Å². The first-order valence-corrected chi connectivity index (χ1v) is 9.49. The summed E-state index contributed by atoms with van der Waals surface area (Å²) in [6, 6.07) is 6.90. The van der Waals surface area contributed by atoms with E-state index < -0.39 is 23.2 Å². The van der Waals surface area contributed by atoms with Gasteiger partial charge in [-0.3, -0.25) is 9.59 Å². The van der Waals surface area contributed by atoms with E-state index in [-0.39, 0.29) is 5.91 Å². The maximum absolute atomic E-state index is 13.2. The highest BCUT2D eigenvalue weighted by molar-refractivity contribution is 7.80. The SMILES string of the molecule is C=C1NC(=S)[C@@H](C(N)=O)C2(CCCCC2)[C@@H]1C(=O)Nc1ccc(Cl)cc1. The van der Waals surface area contributed by atoms with E-state index in [1.165, 1.54) is 0 Å². The van der Waals surface area contributed by atoms with Crippen molar-refractivity contribution in [3.05, 3.63) is 41.6 Å². The summed E-state index contributed by atoms with van der Waals surface area (Å²) in [5, 5.41) is 6.48. The molecule has 1 heterocycles. The van der Waals surface area contributed by atoms with Crippen LogP contribution in [0.5, 0.6) is 0 Å². The largest absolute Gasteiger partial charge is 0.369 e. The second-order valence-electron chi connectivity index (χ2n) is 7.07. The van der Waals surface area contributed by atoms with Gasteiger partial charge >= 0.3 is 0 Å². The normalized spacial score (nSPS) is 24.8. The zero-order valence-electron chi connectivity index (χ0n) is 14.4. The minimum Gasteiger partial charge on any atom is -0.369 e. The van der Waals surface area contributed by atoms with Crippen molar-refractivity contribution in [3.63, 3.8) is 0 Å². The Morgan fingerprint density at radius 2 is 1.81 bits per heavy atom. The fourth-order valence-corrected chi connectivity index (χ4v) is 5.05. The summed E-state index contributed by atoms with van der Waals surface area (Å²) in [6.45, 7) is 4.03. The van der Waals surface area contributed by atoms with Crippen LogP contribution in [0.25, 0.3) is 0 Å². The van der Waals surface area contributed by atoms with Crippen molar-refractivity contribution in [1.82, 2.24) is 5.32 Å². The average molecular weight is 392 g/mol. The summed E-state index contributed by atoms with van der Waals surface area (Å²) in [6.07, 6.45) is 4.39. The van der Waals surface area contributed by atoms with Gasteiger partial charge in [0.15, 0.2) is 0 Å². The zero-order valence-corrected chi connectivity index (χ0v) is 16.0. The number of nitrogens with two attached hydrogens (primary N) is 1. The van der Waals surface area contributed by atoms with Crippen LogP contribution in [0.3, 0.4) is 0 Å².